The molecule has 1 aromatic rings. The molecule has 0 radical (unpaired) electrons. The van der Waals surface area contributed by atoms with Gasteiger partial charge in [0.25, 0.3) is 0 Å². The predicted octanol–water partition coefficient (Wildman–Crippen LogP) is 3.93. The van der Waals surface area contributed by atoms with Gasteiger partial charge in [-0.25, -0.2) is 0 Å². The average Bonchev–Trinajstić information content (AvgIpc) is 2.65. The third-order valence-corrected chi connectivity index (χ3v) is 3.85. The minimum absolute atomic E-state index is 0.218. The Balaban J connectivity index is 2.70. The maximum atomic E-state index is 9.27. The number of thiophene rings is 1. The second kappa shape index (κ2) is 7.02. The van der Waals surface area contributed by atoms with E-state index in [0.717, 1.165) is 6.42 Å². The van der Waals surface area contributed by atoms with Crippen LogP contribution in [-0.4, -0.2) is 5.11 Å². The monoisotopic (exact) mass is 226 g/mol. The molecule has 1 heterocycles. The molecule has 0 atom stereocenters. The number of aliphatic hydroxyl groups excluding tert-OH is 1. The van der Waals surface area contributed by atoms with E-state index in [1.54, 1.807) is 11.3 Å². The Hall–Kier alpha value is -0.340. The normalized spacial score (nSPS) is 10.9. The minimum Gasteiger partial charge on any atom is -0.391 e. The van der Waals surface area contributed by atoms with Crippen molar-refractivity contribution in [2.45, 2.75) is 59.0 Å². The molecule has 1 nitrogen and oxygen atoms in total. The highest BCUT2D eigenvalue weighted by atomic mass is 32.1. The molecule has 0 bridgehead atoms. The summed E-state index contributed by atoms with van der Waals surface area (Å²) in [6, 6.07) is 0. The summed E-state index contributed by atoms with van der Waals surface area (Å²) in [5, 5.41) is 11.5. The molecular formula is C13H22OS. The van der Waals surface area contributed by atoms with Crippen LogP contribution in [-0.2, 0) is 19.4 Å². The molecule has 0 amide bonds. The quantitative estimate of drug-likeness (QED) is 0.747. The fourth-order valence-electron chi connectivity index (χ4n) is 1.83. The van der Waals surface area contributed by atoms with Gasteiger partial charge in [-0.3, -0.25) is 0 Å². The van der Waals surface area contributed by atoms with Crippen molar-refractivity contribution in [2.75, 3.05) is 0 Å². The zero-order valence-corrected chi connectivity index (χ0v) is 10.7. The summed E-state index contributed by atoms with van der Waals surface area (Å²) in [6.07, 6.45) is 7.32. The van der Waals surface area contributed by atoms with E-state index in [0.29, 0.717) is 0 Å². The highest BCUT2D eigenvalue weighted by Crippen LogP contribution is 2.26. The van der Waals surface area contributed by atoms with Gasteiger partial charge in [-0.15, -0.1) is 11.3 Å². The number of hydrogen-bond donors (Lipinski definition) is 1. The van der Waals surface area contributed by atoms with Gasteiger partial charge in [0.2, 0.25) is 0 Å². The first-order valence-electron chi connectivity index (χ1n) is 6.02. The largest absolute Gasteiger partial charge is 0.391 e. The van der Waals surface area contributed by atoms with E-state index in [9.17, 15) is 5.11 Å². The molecule has 0 saturated heterocycles. The van der Waals surface area contributed by atoms with E-state index in [4.69, 9.17) is 0 Å². The second-order valence-corrected chi connectivity index (χ2v) is 4.99. The third-order valence-electron chi connectivity index (χ3n) is 2.79. The molecule has 0 aromatic carbocycles. The number of aliphatic hydroxyl groups is 1. The lowest BCUT2D eigenvalue weighted by atomic mass is 10.0. The highest BCUT2D eigenvalue weighted by Gasteiger charge is 2.09. The molecule has 86 valence electrons. The van der Waals surface area contributed by atoms with Crippen molar-refractivity contribution < 1.29 is 5.11 Å². The Morgan fingerprint density at radius 3 is 2.40 bits per heavy atom. The Morgan fingerprint density at radius 2 is 1.80 bits per heavy atom. The molecule has 0 spiro atoms. The number of aryl methyl sites for hydroxylation is 1. The van der Waals surface area contributed by atoms with E-state index in [1.807, 2.05) is 0 Å². The van der Waals surface area contributed by atoms with Gasteiger partial charge in [-0.1, -0.05) is 26.7 Å². The lowest BCUT2D eigenvalue weighted by Crippen LogP contribution is -1.94. The molecule has 0 aliphatic rings. The summed E-state index contributed by atoms with van der Waals surface area (Å²) in [5.74, 6) is 0. The molecule has 1 aromatic heterocycles. The van der Waals surface area contributed by atoms with Crippen LogP contribution < -0.4 is 0 Å². The lowest BCUT2D eigenvalue weighted by molar-refractivity contribution is 0.284. The van der Waals surface area contributed by atoms with Crippen LogP contribution >= 0.6 is 11.3 Å². The summed E-state index contributed by atoms with van der Waals surface area (Å²) in [6.45, 7) is 4.66. The molecule has 1 rings (SSSR count). The van der Waals surface area contributed by atoms with E-state index in [1.165, 1.54) is 48.1 Å². The first-order valence-corrected chi connectivity index (χ1v) is 6.90. The maximum absolute atomic E-state index is 9.27. The molecule has 0 unspecified atom stereocenters. The maximum Gasteiger partial charge on any atom is 0.0777 e. The lowest BCUT2D eigenvalue weighted by Gasteiger charge is -2.05. The summed E-state index contributed by atoms with van der Waals surface area (Å²) >= 11 is 1.73. The Kier molecular flexibility index (Phi) is 5.96. The fourth-order valence-corrected chi connectivity index (χ4v) is 2.82. The summed E-state index contributed by atoms with van der Waals surface area (Å²) < 4.78 is 0. The van der Waals surface area contributed by atoms with Crippen molar-refractivity contribution in [3.63, 3.8) is 0 Å². The van der Waals surface area contributed by atoms with Gasteiger partial charge in [-0.2, -0.15) is 0 Å². The van der Waals surface area contributed by atoms with Crippen LogP contribution in [0.25, 0.3) is 0 Å². The van der Waals surface area contributed by atoms with Gasteiger partial charge in [0.05, 0.1) is 6.61 Å². The fraction of sp³-hybridized carbons (Fsp3) is 0.692. The first-order chi connectivity index (χ1) is 7.33. The minimum atomic E-state index is 0.218. The number of unbranched alkanes of at least 4 members (excludes halogenated alkanes) is 2. The summed E-state index contributed by atoms with van der Waals surface area (Å²) in [4.78, 5) is 1.19. The second-order valence-electron chi connectivity index (χ2n) is 4.03. The molecule has 2 heteroatoms. The zero-order chi connectivity index (χ0) is 11.1. The molecule has 15 heavy (non-hydrogen) atoms. The van der Waals surface area contributed by atoms with Crippen LogP contribution in [0.2, 0.25) is 0 Å². The number of hydrogen-bond acceptors (Lipinski definition) is 2. The highest BCUT2D eigenvalue weighted by molar-refractivity contribution is 7.10. The topological polar surface area (TPSA) is 20.2 Å². The van der Waals surface area contributed by atoms with Gasteiger partial charge in [0.15, 0.2) is 0 Å². The SMILES string of the molecule is CCCCc1csc(CO)c1CCCC. The Labute approximate surface area is 97.2 Å². The predicted molar refractivity (Wildman–Crippen MR) is 67.5 cm³/mol. The number of rotatable bonds is 7. The molecular weight excluding hydrogens is 204 g/mol. The molecule has 0 fully saturated rings. The summed E-state index contributed by atoms with van der Waals surface area (Å²) in [7, 11) is 0. The molecule has 0 saturated carbocycles. The van der Waals surface area contributed by atoms with Gasteiger partial charge in [-0.05, 0) is 42.2 Å². The average molecular weight is 226 g/mol. The zero-order valence-electron chi connectivity index (χ0n) is 9.88. The van der Waals surface area contributed by atoms with Crippen LogP contribution in [0.5, 0.6) is 0 Å². The van der Waals surface area contributed by atoms with Crippen LogP contribution in [0.1, 0.15) is 55.5 Å². The van der Waals surface area contributed by atoms with Crippen molar-refractivity contribution in [3.8, 4) is 0 Å². The van der Waals surface area contributed by atoms with Crippen molar-refractivity contribution in [1.29, 1.82) is 0 Å². The molecule has 0 aliphatic heterocycles. The van der Waals surface area contributed by atoms with Crippen molar-refractivity contribution in [3.05, 3.63) is 21.4 Å². The van der Waals surface area contributed by atoms with Crippen molar-refractivity contribution in [1.82, 2.24) is 0 Å². The standard InChI is InChI=1S/C13H22OS/c1-3-5-7-11-10-15-13(9-14)12(11)8-6-4-2/h10,14H,3-9H2,1-2H3. The molecule has 1 N–H and O–H groups in total. The van der Waals surface area contributed by atoms with E-state index in [2.05, 4.69) is 19.2 Å². The Morgan fingerprint density at radius 1 is 1.13 bits per heavy atom. The van der Waals surface area contributed by atoms with Crippen LogP contribution in [0.15, 0.2) is 5.38 Å². The summed E-state index contributed by atoms with van der Waals surface area (Å²) in [5.41, 5.74) is 2.93. The molecule has 0 aliphatic carbocycles. The van der Waals surface area contributed by atoms with Gasteiger partial charge >= 0.3 is 0 Å². The van der Waals surface area contributed by atoms with Crippen LogP contribution in [0, 0.1) is 0 Å². The van der Waals surface area contributed by atoms with Gasteiger partial charge < -0.3 is 5.11 Å². The van der Waals surface area contributed by atoms with Crippen LogP contribution in [0.3, 0.4) is 0 Å². The van der Waals surface area contributed by atoms with Crippen LogP contribution in [0.4, 0.5) is 0 Å². The smallest absolute Gasteiger partial charge is 0.0777 e. The van der Waals surface area contributed by atoms with E-state index < -0.39 is 0 Å². The third kappa shape index (κ3) is 3.62. The van der Waals surface area contributed by atoms with E-state index >= 15 is 0 Å². The Bertz CT molecular complexity index is 278. The van der Waals surface area contributed by atoms with Gasteiger partial charge in [0, 0.05) is 4.88 Å². The van der Waals surface area contributed by atoms with Gasteiger partial charge in [0.1, 0.15) is 0 Å². The first kappa shape index (κ1) is 12.7. The van der Waals surface area contributed by atoms with Crippen molar-refractivity contribution >= 4 is 11.3 Å². The van der Waals surface area contributed by atoms with Crippen molar-refractivity contribution in [2.24, 2.45) is 0 Å². The van der Waals surface area contributed by atoms with E-state index in [-0.39, 0.29) is 6.61 Å².